The topological polar surface area (TPSA) is 73.2 Å². The van der Waals surface area contributed by atoms with Crippen molar-refractivity contribution in [2.75, 3.05) is 0 Å². The van der Waals surface area contributed by atoms with Gasteiger partial charge in [-0.3, -0.25) is 0 Å². The lowest BCUT2D eigenvalue weighted by atomic mass is 10.0. The molecule has 0 atom stereocenters. The Morgan fingerprint density at radius 2 is 0.918 bits per heavy atom. The van der Waals surface area contributed by atoms with Crippen molar-refractivity contribution in [3.63, 3.8) is 0 Å². The average molecular weight is 652 g/mol. The number of rotatable bonds is 6. The Morgan fingerprint density at radius 1 is 0.449 bits per heavy atom. The first-order valence-electron chi connectivity index (χ1n) is 18.4. The Hall–Kier alpha value is -4.64. The summed E-state index contributed by atoms with van der Waals surface area (Å²) >= 11 is 0. The summed E-state index contributed by atoms with van der Waals surface area (Å²) in [5.74, 6) is 0. The number of fused-ring (bicyclic) bond motifs is 11. The fraction of sp³-hybridized carbons (Fsp3) is 0.364. The van der Waals surface area contributed by atoms with E-state index >= 15 is 0 Å². The van der Waals surface area contributed by atoms with Crippen LogP contribution in [-0.4, -0.2) is 24.9 Å². The third-order valence-corrected chi connectivity index (χ3v) is 10.8. The van der Waals surface area contributed by atoms with Gasteiger partial charge in [0.05, 0.1) is 28.3 Å². The SMILES string of the molecule is CCC1=C(CC)c2cccc3[nH]c(cc4[nH]c(c5nc(cc6[nH]c(cccc1n2)c(C)c6CC)C(CC)=C5C)c(C)c4CC)c(CC)c3C. The summed E-state index contributed by atoms with van der Waals surface area (Å²) in [4.78, 5) is 21.9. The van der Waals surface area contributed by atoms with E-state index in [-0.39, 0.29) is 0 Å². The van der Waals surface area contributed by atoms with Crippen LogP contribution in [0.3, 0.4) is 0 Å². The largest absolute Gasteiger partial charge is 0.355 e. The molecule has 254 valence electrons. The van der Waals surface area contributed by atoms with Gasteiger partial charge in [-0.25, -0.2) is 9.97 Å². The maximum atomic E-state index is 5.36. The predicted octanol–water partition coefficient (Wildman–Crippen LogP) is 12.2. The number of nitrogens with zero attached hydrogens (tertiary/aromatic N) is 2. The molecule has 0 aliphatic carbocycles. The highest BCUT2D eigenvalue weighted by molar-refractivity contribution is 5.97. The first kappa shape index (κ1) is 34.2. The molecule has 0 unspecified atom stereocenters. The van der Waals surface area contributed by atoms with Gasteiger partial charge in [0.25, 0.3) is 0 Å². The molecule has 4 aromatic rings. The van der Waals surface area contributed by atoms with Gasteiger partial charge in [-0.1, -0.05) is 53.7 Å². The molecule has 0 radical (unpaired) electrons. The van der Waals surface area contributed by atoms with Crippen molar-refractivity contribution in [1.29, 1.82) is 0 Å². The molecule has 0 amide bonds. The summed E-state index contributed by atoms with van der Waals surface area (Å²) in [6, 6.07) is 17.7. The van der Waals surface area contributed by atoms with E-state index in [9.17, 15) is 0 Å². The molecule has 4 aromatic heterocycles. The van der Waals surface area contributed by atoms with Crippen LogP contribution in [0.4, 0.5) is 0 Å². The molecular weight excluding hydrogens is 599 g/mol. The number of nitrogens with one attached hydrogen (secondary N) is 3. The van der Waals surface area contributed by atoms with Crippen molar-refractivity contribution in [2.45, 2.75) is 108 Å². The van der Waals surface area contributed by atoms with E-state index in [1.54, 1.807) is 0 Å². The van der Waals surface area contributed by atoms with E-state index in [0.29, 0.717) is 0 Å². The molecule has 2 aliphatic heterocycles. The monoisotopic (exact) mass is 651 g/mol. The zero-order valence-electron chi connectivity index (χ0n) is 31.3. The number of H-pyrrole nitrogens is 3. The molecule has 0 fully saturated rings. The van der Waals surface area contributed by atoms with Gasteiger partial charge in [0.15, 0.2) is 0 Å². The maximum Gasteiger partial charge on any atom is 0.0907 e. The average Bonchev–Trinajstić information content (AvgIpc) is 3.85. The Kier molecular flexibility index (Phi) is 9.83. The first-order valence-corrected chi connectivity index (χ1v) is 18.4. The van der Waals surface area contributed by atoms with Crippen molar-refractivity contribution in [3.05, 3.63) is 105 Å². The molecular formula is C44H53N5. The van der Waals surface area contributed by atoms with E-state index in [0.717, 1.165) is 88.9 Å². The number of aryl methyl sites for hydroxylation is 6. The van der Waals surface area contributed by atoms with E-state index in [1.807, 2.05) is 0 Å². The van der Waals surface area contributed by atoms with Gasteiger partial charge in [0.2, 0.25) is 0 Å². The molecule has 5 nitrogen and oxygen atoms in total. The van der Waals surface area contributed by atoms with E-state index in [4.69, 9.17) is 9.97 Å². The lowest BCUT2D eigenvalue weighted by Gasteiger charge is -2.01. The zero-order chi connectivity index (χ0) is 35.0. The highest BCUT2D eigenvalue weighted by Gasteiger charge is 2.21. The summed E-state index contributed by atoms with van der Waals surface area (Å²) in [5.41, 5.74) is 24.2. The van der Waals surface area contributed by atoms with Crippen LogP contribution in [0.5, 0.6) is 0 Å². The minimum atomic E-state index is 0.927. The van der Waals surface area contributed by atoms with Gasteiger partial charge in [0.1, 0.15) is 0 Å². The van der Waals surface area contributed by atoms with Crippen molar-refractivity contribution in [3.8, 4) is 0 Å². The molecule has 5 heteroatoms. The Bertz CT molecular complexity index is 2280. The Balaban J connectivity index is 1.76. The maximum absolute atomic E-state index is 5.36. The fourth-order valence-corrected chi connectivity index (χ4v) is 8.13. The summed E-state index contributed by atoms with van der Waals surface area (Å²) in [6.45, 7) is 22.4. The van der Waals surface area contributed by atoms with Gasteiger partial charge >= 0.3 is 0 Å². The standard InChI is InChI=1S/C44H53N5/c1-11-29-25(7)35-19-17-21-37-33(15-5)34(16-6)38(47-37)22-18-20-36-26(8)30(12-2)40(46-36)24-42-32(14-4)28(10)44(49-42)43-27(9)31(13-3)41(48-43)23-39(29)45-35/h17-24,45-46,48H,11-16H2,1-10H3. The van der Waals surface area contributed by atoms with Gasteiger partial charge in [-0.05, 0) is 158 Å². The minimum absolute atomic E-state index is 0.927. The van der Waals surface area contributed by atoms with Crippen LogP contribution in [0.25, 0.3) is 55.4 Å². The molecule has 10 bridgehead atoms. The molecule has 49 heavy (non-hydrogen) atoms. The molecule has 6 rings (SSSR count). The number of aromatic amines is 3. The lowest BCUT2D eigenvalue weighted by molar-refractivity contribution is 1.14. The van der Waals surface area contributed by atoms with Crippen LogP contribution in [0, 0.1) is 20.8 Å². The van der Waals surface area contributed by atoms with Crippen molar-refractivity contribution < 1.29 is 0 Å². The highest BCUT2D eigenvalue weighted by atomic mass is 14.8. The van der Waals surface area contributed by atoms with Crippen LogP contribution in [0.15, 0.2) is 48.5 Å². The third-order valence-electron chi connectivity index (χ3n) is 10.8. The second kappa shape index (κ2) is 14.1. The lowest BCUT2D eigenvalue weighted by Crippen LogP contribution is -1.84. The second-order valence-corrected chi connectivity index (χ2v) is 13.4. The van der Waals surface area contributed by atoms with Gasteiger partial charge in [-0.15, -0.1) is 0 Å². The third kappa shape index (κ3) is 5.98. The molecule has 3 N–H and O–H groups in total. The number of hydrogen-bond acceptors (Lipinski definition) is 2. The van der Waals surface area contributed by atoms with E-state index in [1.165, 1.54) is 61.2 Å². The minimum Gasteiger partial charge on any atom is -0.355 e. The normalized spacial score (nSPS) is 13.0. The van der Waals surface area contributed by atoms with Gasteiger partial charge in [0, 0.05) is 27.6 Å². The number of aromatic nitrogens is 5. The van der Waals surface area contributed by atoms with Crippen LogP contribution in [0.1, 0.15) is 124 Å². The summed E-state index contributed by atoms with van der Waals surface area (Å²) in [5, 5.41) is 0. The van der Waals surface area contributed by atoms with E-state index in [2.05, 4.69) is 133 Å². The van der Waals surface area contributed by atoms with Gasteiger partial charge in [-0.2, -0.15) is 0 Å². The van der Waals surface area contributed by atoms with Crippen molar-refractivity contribution in [2.24, 2.45) is 0 Å². The Morgan fingerprint density at radius 3 is 1.41 bits per heavy atom. The number of allylic oxidation sites excluding steroid dienone is 4. The molecule has 0 aromatic carbocycles. The molecule has 6 heterocycles. The van der Waals surface area contributed by atoms with Gasteiger partial charge < -0.3 is 15.0 Å². The first-order chi connectivity index (χ1) is 23.7. The van der Waals surface area contributed by atoms with E-state index < -0.39 is 0 Å². The molecule has 2 aliphatic rings. The van der Waals surface area contributed by atoms with Crippen molar-refractivity contribution in [1.82, 2.24) is 24.9 Å². The second-order valence-electron chi connectivity index (χ2n) is 13.4. The highest BCUT2D eigenvalue weighted by Crippen LogP contribution is 2.37. The molecule has 0 saturated carbocycles. The summed E-state index contributed by atoms with van der Waals surface area (Å²) in [7, 11) is 0. The molecule has 0 spiro atoms. The van der Waals surface area contributed by atoms with Crippen LogP contribution < -0.4 is 0 Å². The quantitative estimate of drug-likeness (QED) is 0.194. The van der Waals surface area contributed by atoms with Crippen molar-refractivity contribution >= 4 is 55.4 Å². The van der Waals surface area contributed by atoms with Crippen LogP contribution in [-0.2, 0) is 19.3 Å². The number of hydrogen-bond donors (Lipinski definition) is 3. The predicted molar refractivity (Wildman–Crippen MR) is 212 cm³/mol. The fourth-order valence-electron chi connectivity index (χ4n) is 8.13. The smallest absolute Gasteiger partial charge is 0.0907 e. The summed E-state index contributed by atoms with van der Waals surface area (Å²) in [6.07, 6.45) is 5.69. The Labute approximate surface area is 292 Å². The summed E-state index contributed by atoms with van der Waals surface area (Å²) < 4.78 is 0. The van der Waals surface area contributed by atoms with Crippen LogP contribution in [0.2, 0.25) is 0 Å². The zero-order valence-corrected chi connectivity index (χ0v) is 31.3. The molecule has 0 saturated heterocycles. The van der Waals surface area contributed by atoms with Crippen LogP contribution >= 0.6 is 0 Å².